The molecular formula is C70H46N8O2. The first-order chi connectivity index (χ1) is 39.6. The Morgan fingerprint density at radius 1 is 0.237 bits per heavy atom. The van der Waals surface area contributed by atoms with Crippen LogP contribution in [0.15, 0.2) is 288 Å². The maximum absolute atomic E-state index is 6.42. The van der Waals surface area contributed by atoms with Crippen LogP contribution in [0.5, 0.6) is 0 Å². The summed E-state index contributed by atoms with van der Waals surface area (Å²) in [6.07, 6.45) is 0. The molecule has 0 atom stereocenters. The molecule has 4 heterocycles. The van der Waals surface area contributed by atoms with Crippen LogP contribution in [0.2, 0.25) is 0 Å². The van der Waals surface area contributed by atoms with E-state index in [0.29, 0.717) is 23.6 Å². The Bertz CT molecular complexity index is 4150. The molecule has 10 heteroatoms. The van der Waals surface area contributed by atoms with Crippen molar-refractivity contribution < 1.29 is 8.83 Å². The summed E-state index contributed by atoms with van der Waals surface area (Å²) in [7, 11) is 0. The van der Waals surface area contributed by atoms with Gasteiger partial charge in [0.1, 0.15) is 0 Å². The summed E-state index contributed by atoms with van der Waals surface area (Å²) in [6.45, 7) is 0. The molecule has 0 bridgehead atoms. The van der Waals surface area contributed by atoms with E-state index in [9.17, 15) is 0 Å². The average molecular weight is 1030 g/mol. The normalized spacial score (nSPS) is 11.2. The van der Waals surface area contributed by atoms with Crippen molar-refractivity contribution in [1.82, 2.24) is 30.4 Å². The molecule has 0 amide bonds. The van der Waals surface area contributed by atoms with Crippen molar-refractivity contribution in [3.63, 3.8) is 0 Å². The van der Waals surface area contributed by atoms with Crippen LogP contribution in [-0.2, 0) is 0 Å². The molecule has 4 aromatic heterocycles. The summed E-state index contributed by atoms with van der Waals surface area (Å²) in [6, 6.07) is 95.0. The van der Waals surface area contributed by atoms with Gasteiger partial charge in [-0.05, 0) is 132 Å². The van der Waals surface area contributed by atoms with Crippen LogP contribution in [0.4, 0.5) is 34.1 Å². The fourth-order valence-electron chi connectivity index (χ4n) is 10.3. The molecule has 378 valence electrons. The van der Waals surface area contributed by atoms with Crippen LogP contribution in [-0.4, -0.2) is 30.4 Å². The molecular weight excluding hydrogens is 985 g/mol. The lowest BCUT2D eigenvalue weighted by Gasteiger charge is -2.26. The molecule has 0 aliphatic heterocycles. The molecule has 0 saturated heterocycles. The number of benzene rings is 10. The zero-order valence-corrected chi connectivity index (χ0v) is 43.0. The molecule has 14 rings (SSSR count). The molecule has 0 saturated carbocycles. The summed E-state index contributed by atoms with van der Waals surface area (Å²) >= 11 is 0. The van der Waals surface area contributed by atoms with Gasteiger partial charge in [-0.15, -0.1) is 20.4 Å². The zero-order valence-electron chi connectivity index (χ0n) is 43.0. The van der Waals surface area contributed by atoms with Crippen LogP contribution in [0.1, 0.15) is 0 Å². The van der Waals surface area contributed by atoms with Crippen LogP contribution in [0.3, 0.4) is 0 Å². The molecule has 80 heavy (non-hydrogen) atoms. The molecule has 0 fully saturated rings. The number of rotatable bonds is 13. The second kappa shape index (κ2) is 20.8. The fraction of sp³-hybridized carbons (Fsp3) is 0. The number of nitrogens with zero attached hydrogens (tertiary/aromatic N) is 8. The molecule has 0 aliphatic rings. The maximum atomic E-state index is 6.42. The standard InChI is InChI=1S/C70H46N8O2/c1-5-17-49(18-6-1)65-45-61(59-25-13-15-27-63(59)71-65)69-75-73-67(79-69)51-33-41-57(42-34-51)77(53-21-9-3-10-22-53)55-37-29-47(30-38-55)48-31-39-56(40-32-48)78(54-23-11-4-12-24-54)58-43-35-52(36-44-58)68-74-76-70(80-68)62-46-66(50-19-7-2-8-20-50)72-64-28-16-14-26-60(62)64/h1-46H. The van der Waals surface area contributed by atoms with Crippen LogP contribution in [0, 0.1) is 0 Å². The van der Waals surface area contributed by atoms with Crippen molar-refractivity contribution >= 4 is 55.9 Å². The predicted molar refractivity (Wildman–Crippen MR) is 320 cm³/mol. The molecule has 10 nitrogen and oxygen atoms in total. The van der Waals surface area contributed by atoms with E-state index in [1.165, 1.54) is 0 Å². The van der Waals surface area contributed by atoms with Crippen molar-refractivity contribution in [2.45, 2.75) is 0 Å². The van der Waals surface area contributed by atoms with Gasteiger partial charge in [-0.3, -0.25) is 0 Å². The van der Waals surface area contributed by atoms with Crippen LogP contribution < -0.4 is 9.80 Å². The lowest BCUT2D eigenvalue weighted by Crippen LogP contribution is -2.10. The largest absolute Gasteiger partial charge is 0.416 e. The number of aromatic nitrogens is 6. The van der Waals surface area contributed by atoms with E-state index in [-0.39, 0.29) is 0 Å². The summed E-state index contributed by atoms with van der Waals surface area (Å²) in [4.78, 5) is 14.4. The van der Waals surface area contributed by atoms with Gasteiger partial charge in [-0.2, -0.15) is 0 Å². The average Bonchev–Trinajstić information content (AvgIpc) is 4.26. The molecule has 0 radical (unpaired) electrons. The van der Waals surface area contributed by atoms with Crippen LogP contribution >= 0.6 is 0 Å². The highest BCUT2D eigenvalue weighted by Gasteiger charge is 2.21. The lowest BCUT2D eigenvalue weighted by atomic mass is 10.0. The van der Waals surface area contributed by atoms with Crippen molar-refractivity contribution in [3.8, 4) is 79.5 Å². The van der Waals surface area contributed by atoms with Gasteiger partial charge in [0.2, 0.25) is 23.6 Å². The Kier molecular flexibility index (Phi) is 12.3. The van der Waals surface area contributed by atoms with E-state index in [0.717, 1.165) is 112 Å². The Balaban J connectivity index is 0.713. The van der Waals surface area contributed by atoms with Crippen molar-refractivity contribution in [2.24, 2.45) is 0 Å². The van der Waals surface area contributed by atoms with E-state index in [4.69, 9.17) is 18.8 Å². The van der Waals surface area contributed by atoms with Crippen LogP contribution in [0.25, 0.3) is 101 Å². The number of para-hydroxylation sites is 4. The summed E-state index contributed by atoms with van der Waals surface area (Å²) < 4.78 is 12.8. The smallest absolute Gasteiger partial charge is 0.248 e. The summed E-state index contributed by atoms with van der Waals surface area (Å²) in [5.74, 6) is 1.74. The van der Waals surface area contributed by atoms with Crippen molar-refractivity contribution in [3.05, 3.63) is 279 Å². The van der Waals surface area contributed by atoms with E-state index in [1.807, 2.05) is 133 Å². The Morgan fingerprint density at radius 2 is 0.525 bits per heavy atom. The Hall–Kier alpha value is -11.1. The molecule has 0 unspecified atom stereocenters. The van der Waals surface area contributed by atoms with Gasteiger partial charge >= 0.3 is 0 Å². The number of hydrogen-bond acceptors (Lipinski definition) is 10. The number of fused-ring (bicyclic) bond motifs is 2. The van der Waals surface area contributed by atoms with Gasteiger partial charge in [0.05, 0.1) is 33.5 Å². The van der Waals surface area contributed by atoms with Gasteiger partial charge in [0.25, 0.3) is 0 Å². The van der Waals surface area contributed by atoms with Gasteiger partial charge in [0.15, 0.2) is 0 Å². The van der Waals surface area contributed by atoms with Gasteiger partial charge in [0, 0.05) is 67.2 Å². The van der Waals surface area contributed by atoms with E-state index >= 15 is 0 Å². The highest BCUT2D eigenvalue weighted by atomic mass is 16.4. The lowest BCUT2D eigenvalue weighted by molar-refractivity contribution is 0.585. The number of anilines is 6. The SMILES string of the molecule is c1ccc(-c2cc(-c3nnc(-c4ccc(N(c5ccccc5)c5ccc(-c6ccc(N(c7ccccc7)c7ccc(-c8nnc(-c9cc(-c%10ccccc%10)nc%10ccccc9%10)o8)cc7)cc6)cc5)cc4)o3)c3ccccc3n2)cc1. The zero-order chi connectivity index (χ0) is 53.2. The molecule has 0 N–H and O–H groups in total. The fourth-order valence-corrected chi connectivity index (χ4v) is 10.3. The minimum atomic E-state index is 0.434. The summed E-state index contributed by atoms with van der Waals surface area (Å²) in [5, 5.41) is 20.0. The number of hydrogen-bond donors (Lipinski definition) is 0. The predicted octanol–water partition coefficient (Wildman–Crippen LogP) is 18.2. The minimum absolute atomic E-state index is 0.434. The minimum Gasteiger partial charge on any atom is -0.416 e. The number of pyridine rings is 2. The van der Waals surface area contributed by atoms with Crippen molar-refractivity contribution in [2.75, 3.05) is 9.80 Å². The van der Waals surface area contributed by atoms with E-state index in [2.05, 4.69) is 176 Å². The second-order valence-electron chi connectivity index (χ2n) is 19.2. The van der Waals surface area contributed by atoms with Gasteiger partial charge in [-0.1, -0.05) is 158 Å². The summed E-state index contributed by atoms with van der Waals surface area (Å²) in [5.41, 5.74) is 17.0. The van der Waals surface area contributed by atoms with E-state index < -0.39 is 0 Å². The third kappa shape index (κ3) is 9.28. The second-order valence-corrected chi connectivity index (χ2v) is 19.2. The van der Waals surface area contributed by atoms with Gasteiger partial charge in [-0.25, -0.2) is 9.97 Å². The van der Waals surface area contributed by atoms with E-state index in [1.54, 1.807) is 0 Å². The third-order valence-corrected chi connectivity index (χ3v) is 14.2. The maximum Gasteiger partial charge on any atom is 0.248 e. The third-order valence-electron chi connectivity index (χ3n) is 14.2. The monoisotopic (exact) mass is 1030 g/mol. The van der Waals surface area contributed by atoms with Crippen molar-refractivity contribution in [1.29, 1.82) is 0 Å². The topological polar surface area (TPSA) is 110 Å². The molecule has 0 aliphatic carbocycles. The first-order valence-electron chi connectivity index (χ1n) is 26.3. The van der Waals surface area contributed by atoms with Gasteiger partial charge < -0.3 is 18.6 Å². The quantitative estimate of drug-likeness (QED) is 0.111. The molecule has 0 spiro atoms. The molecule has 14 aromatic rings. The first kappa shape index (κ1) is 47.4. The highest BCUT2D eigenvalue weighted by Crippen LogP contribution is 2.41. The molecule has 10 aromatic carbocycles. The Morgan fingerprint density at radius 3 is 0.887 bits per heavy atom. The highest BCUT2D eigenvalue weighted by molar-refractivity contribution is 5.96. The Labute approximate surface area is 461 Å². The first-order valence-corrected chi connectivity index (χ1v) is 26.3.